The molecule has 102 valence electrons. The molecule has 0 aliphatic heterocycles. The third-order valence-electron chi connectivity index (χ3n) is 3.07. The lowest BCUT2D eigenvalue weighted by molar-refractivity contribution is 0.415. The van der Waals surface area contributed by atoms with Crippen LogP contribution in [0, 0.1) is 6.92 Å². The van der Waals surface area contributed by atoms with Crippen molar-refractivity contribution in [3.63, 3.8) is 0 Å². The summed E-state index contributed by atoms with van der Waals surface area (Å²) in [5.74, 6) is 2.43. The molecule has 0 unspecified atom stereocenters. The topological polar surface area (TPSA) is 53.1 Å². The fraction of sp³-hybridized carbons (Fsp3) is 0.357. The summed E-state index contributed by atoms with van der Waals surface area (Å²) in [6.07, 6.45) is 1.03. The van der Waals surface area contributed by atoms with Crippen LogP contribution < -0.4 is 10.5 Å². The van der Waals surface area contributed by atoms with E-state index in [4.69, 9.17) is 10.5 Å². The van der Waals surface area contributed by atoms with Gasteiger partial charge in [-0.3, -0.25) is 0 Å². The summed E-state index contributed by atoms with van der Waals surface area (Å²) in [6.45, 7) is 4.98. The molecule has 0 aliphatic rings. The van der Waals surface area contributed by atoms with Crippen molar-refractivity contribution < 1.29 is 4.74 Å². The maximum absolute atomic E-state index is 6.22. The molecule has 0 radical (unpaired) electrons. The van der Waals surface area contributed by atoms with Gasteiger partial charge in [0.1, 0.15) is 23.1 Å². The third-order valence-corrected chi connectivity index (χ3v) is 3.77. The van der Waals surface area contributed by atoms with Gasteiger partial charge in [-0.1, -0.05) is 22.9 Å². The molecule has 2 N–H and O–H groups in total. The van der Waals surface area contributed by atoms with Gasteiger partial charge in [-0.2, -0.15) is 0 Å². The number of ether oxygens (including phenoxy) is 1. The Balaban J connectivity index is 2.56. The summed E-state index contributed by atoms with van der Waals surface area (Å²) < 4.78 is 8.26. The third kappa shape index (κ3) is 2.61. The molecule has 5 heteroatoms. The molecule has 0 atom stereocenters. The van der Waals surface area contributed by atoms with Gasteiger partial charge in [0, 0.05) is 16.6 Å². The highest BCUT2D eigenvalue weighted by molar-refractivity contribution is 9.10. The van der Waals surface area contributed by atoms with Crippen molar-refractivity contribution in [2.75, 3.05) is 12.8 Å². The first-order chi connectivity index (χ1) is 9.08. The number of benzene rings is 1. The molecule has 0 saturated carbocycles. The summed E-state index contributed by atoms with van der Waals surface area (Å²) in [4.78, 5) is 4.59. The van der Waals surface area contributed by atoms with Crippen LogP contribution in [0.15, 0.2) is 22.7 Å². The Morgan fingerprint density at radius 2 is 2.16 bits per heavy atom. The zero-order chi connectivity index (χ0) is 14.0. The Bertz CT molecular complexity index is 593. The minimum Gasteiger partial charge on any atom is -0.497 e. The summed E-state index contributed by atoms with van der Waals surface area (Å²) in [5.41, 5.74) is 7.98. The molecule has 0 aliphatic carbocycles. The van der Waals surface area contributed by atoms with Gasteiger partial charge in [-0.15, -0.1) is 0 Å². The van der Waals surface area contributed by atoms with Gasteiger partial charge in [-0.25, -0.2) is 4.98 Å². The zero-order valence-corrected chi connectivity index (χ0v) is 13.0. The average molecular weight is 324 g/mol. The van der Waals surface area contributed by atoms with E-state index < -0.39 is 0 Å². The number of methoxy groups -OCH3 is 1. The molecule has 0 saturated heterocycles. The van der Waals surface area contributed by atoms with Crippen LogP contribution in [-0.2, 0) is 6.54 Å². The number of aryl methyl sites for hydroxylation is 1. The predicted octanol–water partition coefficient (Wildman–Crippen LogP) is 3.62. The summed E-state index contributed by atoms with van der Waals surface area (Å²) in [6, 6.07) is 5.79. The molecular formula is C14H18BrN3O. The Morgan fingerprint density at radius 3 is 2.79 bits per heavy atom. The van der Waals surface area contributed by atoms with E-state index in [1.807, 2.05) is 29.7 Å². The van der Waals surface area contributed by atoms with Crippen molar-refractivity contribution in [1.29, 1.82) is 0 Å². The molecule has 19 heavy (non-hydrogen) atoms. The van der Waals surface area contributed by atoms with E-state index in [9.17, 15) is 0 Å². The summed E-state index contributed by atoms with van der Waals surface area (Å²) in [7, 11) is 1.65. The molecule has 0 amide bonds. The van der Waals surface area contributed by atoms with E-state index in [1.54, 1.807) is 7.11 Å². The SMILES string of the molecule is CCCn1c(C)nc(-c2cc(OC)ccc2Br)c1N. The Labute approximate surface area is 121 Å². The lowest BCUT2D eigenvalue weighted by Gasteiger charge is -2.08. The first-order valence-electron chi connectivity index (χ1n) is 6.25. The lowest BCUT2D eigenvalue weighted by atomic mass is 10.1. The number of halogens is 1. The number of nitrogens with zero attached hydrogens (tertiary/aromatic N) is 2. The van der Waals surface area contributed by atoms with Crippen molar-refractivity contribution in [2.24, 2.45) is 0 Å². The van der Waals surface area contributed by atoms with E-state index in [0.717, 1.165) is 40.3 Å². The van der Waals surface area contributed by atoms with E-state index in [0.29, 0.717) is 5.82 Å². The molecule has 4 nitrogen and oxygen atoms in total. The highest BCUT2D eigenvalue weighted by Crippen LogP contribution is 2.34. The van der Waals surface area contributed by atoms with E-state index in [2.05, 4.69) is 27.8 Å². The number of aromatic nitrogens is 2. The van der Waals surface area contributed by atoms with Crippen molar-refractivity contribution >= 4 is 21.7 Å². The molecule has 1 aromatic carbocycles. The van der Waals surface area contributed by atoms with E-state index in [-0.39, 0.29) is 0 Å². The molecular weight excluding hydrogens is 306 g/mol. The van der Waals surface area contributed by atoms with Crippen LogP contribution in [0.5, 0.6) is 5.75 Å². The minimum absolute atomic E-state index is 0.702. The maximum Gasteiger partial charge on any atom is 0.131 e. The van der Waals surface area contributed by atoms with Crippen LogP contribution >= 0.6 is 15.9 Å². The molecule has 1 aromatic heterocycles. The predicted molar refractivity (Wildman–Crippen MR) is 81.4 cm³/mol. The second-order valence-corrected chi connectivity index (χ2v) is 5.24. The van der Waals surface area contributed by atoms with Gasteiger partial charge in [0.15, 0.2) is 0 Å². The molecule has 0 spiro atoms. The second kappa shape index (κ2) is 5.65. The lowest BCUT2D eigenvalue weighted by Crippen LogP contribution is -2.04. The van der Waals surface area contributed by atoms with Crippen LogP contribution in [0.25, 0.3) is 11.3 Å². The molecule has 1 heterocycles. The minimum atomic E-state index is 0.702. The van der Waals surface area contributed by atoms with Crippen LogP contribution in [0.2, 0.25) is 0 Å². The fourth-order valence-corrected chi connectivity index (χ4v) is 2.53. The van der Waals surface area contributed by atoms with Gasteiger partial charge in [0.2, 0.25) is 0 Å². The molecule has 0 bridgehead atoms. The van der Waals surface area contributed by atoms with E-state index in [1.165, 1.54) is 0 Å². The fourth-order valence-electron chi connectivity index (χ4n) is 2.10. The quantitative estimate of drug-likeness (QED) is 0.934. The van der Waals surface area contributed by atoms with E-state index >= 15 is 0 Å². The molecule has 2 aromatic rings. The van der Waals surface area contributed by atoms with Crippen LogP contribution in [0.4, 0.5) is 5.82 Å². The summed E-state index contributed by atoms with van der Waals surface area (Å²) >= 11 is 3.54. The molecule has 0 fully saturated rings. The standard InChI is InChI=1S/C14H18BrN3O/c1-4-7-18-9(2)17-13(14(18)16)11-8-10(19-3)5-6-12(11)15/h5-6,8H,4,7,16H2,1-3H3. The number of anilines is 1. The van der Waals surface area contributed by atoms with Gasteiger partial charge in [0.25, 0.3) is 0 Å². The molecule has 2 rings (SSSR count). The van der Waals surface area contributed by atoms with Crippen molar-refractivity contribution in [3.8, 4) is 17.0 Å². The zero-order valence-electron chi connectivity index (χ0n) is 11.4. The van der Waals surface area contributed by atoms with Gasteiger partial charge in [0.05, 0.1) is 7.11 Å². The van der Waals surface area contributed by atoms with Crippen molar-refractivity contribution in [1.82, 2.24) is 9.55 Å². The smallest absolute Gasteiger partial charge is 0.131 e. The first-order valence-corrected chi connectivity index (χ1v) is 7.04. The van der Waals surface area contributed by atoms with Gasteiger partial charge in [-0.05, 0) is 31.5 Å². The highest BCUT2D eigenvalue weighted by atomic mass is 79.9. The van der Waals surface area contributed by atoms with Gasteiger partial charge < -0.3 is 15.0 Å². The monoisotopic (exact) mass is 323 g/mol. The Kier molecular flexibility index (Phi) is 4.14. The first kappa shape index (κ1) is 13.9. The summed E-state index contributed by atoms with van der Waals surface area (Å²) in [5, 5.41) is 0. The normalized spacial score (nSPS) is 10.7. The Morgan fingerprint density at radius 1 is 1.42 bits per heavy atom. The maximum atomic E-state index is 6.22. The van der Waals surface area contributed by atoms with Crippen molar-refractivity contribution in [2.45, 2.75) is 26.8 Å². The Hall–Kier alpha value is -1.49. The van der Waals surface area contributed by atoms with Crippen LogP contribution in [-0.4, -0.2) is 16.7 Å². The average Bonchev–Trinajstić information content (AvgIpc) is 2.68. The van der Waals surface area contributed by atoms with Crippen molar-refractivity contribution in [3.05, 3.63) is 28.5 Å². The van der Waals surface area contributed by atoms with Crippen LogP contribution in [0.3, 0.4) is 0 Å². The van der Waals surface area contributed by atoms with Gasteiger partial charge >= 0.3 is 0 Å². The number of nitrogens with two attached hydrogens (primary N) is 1. The second-order valence-electron chi connectivity index (χ2n) is 4.39. The number of rotatable bonds is 4. The number of imidazole rings is 1. The number of hydrogen-bond donors (Lipinski definition) is 1. The van der Waals surface area contributed by atoms with Crippen LogP contribution in [0.1, 0.15) is 19.2 Å². The number of hydrogen-bond acceptors (Lipinski definition) is 3. The highest BCUT2D eigenvalue weighted by Gasteiger charge is 2.16. The largest absolute Gasteiger partial charge is 0.497 e. The number of nitrogen functional groups attached to an aromatic ring is 1.